The molecule has 3 N–H and O–H groups in total. The summed E-state index contributed by atoms with van der Waals surface area (Å²) in [5.74, 6) is -3.90. The number of aromatic nitrogens is 1. The Hall–Kier alpha value is -1.79. The van der Waals surface area contributed by atoms with Gasteiger partial charge in [-0.3, -0.25) is 0 Å². The van der Waals surface area contributed by atoms with E-state index in [4.69, 9.17) is 17.3 Å². The molecule has 0 aliphatic heterocycles. The minimum absolute atomic E-state index is 0.0634. The minimum atomic E-state index is -1.52. The van der Waals surface area contributed by atoms with Crippen LogP contribution < -0.4 is 11.1 Å². The maximum Gasteiger partial charge on any atom is 0.194 e. The summed E-state index contributed by atoms with van der Waals surface area (Å²) in [4.78, 5) is 3.89. The second-order valence-corrected chi connectivity index (χ2v) is 4.82. The first kappa shape index (κ1) is 15.6. The molecule has 0 aliphatic carbocycles. The molecule has 0 saturated carbocycles. The average Bonchev–Trinajstić information content (AvgIpc) is 2.46. The Labute approximate surface area is 124 Å². The quantitative estimate of drug-likeness (QED) is 0.850. The zero-order chi connectivity index (χ0) is 15.6. The molecule has 1 aromatic heterocycles. The van der Waals surface area contributed by atoms with Crippen LogP contribution >= 0.6 is 11.6 Å². The van der Waals surface area contributed by atoms with Gasteiger partial charge in [-0.2, -0.15) is 0 Å². The molecular formula is C14H13ClF3N3. The fourth-order valence-electron chi connectivity index (χ4n) is 2.05. The van der Waals surface area contributed by atoms with Crippen LogP contribution in [0.25, 0.3) is 0 Å². The highest BCUT2D eigenvalue weighted by molar-refractivity contribution is 6.30. The predicted molar refractivity (Wildman–Crippen MR) is 75.5 cm³/mol. The van der Waals surface area contributed by atoms with E-state index in [1.165, 1.54) is 18.3 Å². The molecule has 0 spiro atoms. The highest BCUT2D eigenvalue weighted by Gasteiger charge is 2.24. The third kappa shape index (κ3) is 3.11. The first-order valence-corrected chi connectivity index (χ1v) is 6.61. The molecule has 1 heterocycles. The highest BCUT2D eigenvalue weighted by Crippen LogP contribution is 2.30. The summed E-state index contributed by atoms with van der Waals surface area (Å²) < 4.78 is 40.5. The minimum Gasteiger partial charge on any atom is -0.383 e. The Morgan fingerprint density at radius 3 is 2.62 bits per heavy atom. The monoisotopic (exact) mass is 315 g/mol. The SMILES string of the molecule is CCNC(c1cc(Cl)cnc1N)c1ccc(F)c(F)c1F. The Morgan fingerprint density at radius 1 is 1.24 bits per heavy atom. The molecule has 1 atom stereocenters. The maximum atomic E-state index is 14.0. The topological polar surface area (TPSA) is 50.9 Å². The van der Waals surface area contributed by atoms with Crippen molar-refractivity contribution >= 4 is 17.4 Å². The Bertz CT molecular complexity index is 664. The zero-order valence-corrected chi connectivity index (χ0v) is 11.9. The molecule has 0 amide bonds. The van der Waals surface area contributed by atoms with Crippen molar-refractivity contribution in [3.05, 3.63) is 58.0 Å². The van der Waals surface area contributed by atoms with E-state index in [1.807, 2.05) is 0 Å². The summed E-state index contributed by atoms with van der Waals surface area (Å²) >= 11 is 5.87. The van der Waals surface area contributed by atoms with E-state index in [2.05, 4.69) is 10.3 Å². The van der Waals surface area contributed by atoms with Crippen LogP contribution in [0.2, 0.25) is 5.02 Å². The van der Waals surface area contributed by atoms with Crippen LogP contribution in [0.3, 0.4) is 0 Å². The van der Waals surface area contributed by atoms with Crippen molar-refractivity contribution in [2.24, 2.45) is 0 Å². The number of anilines is 1. The molecule has 1 unspecified atom stereocenters. The fourth-order valence-corrected chi connectivity index (χ4v) is 2.22. The van der Waals surface area contributed by atoms with Gasteiger partial charge in [-0.05, 0) is 18.7 Å². The Kier molecular flexibility index (Phi) is 4.69. The fraction of sp³-hybridized carbons (Fsp3) is 0.214. The van der Waals surface area contributed by atoms with E-state index in [-0.39, 0.29) is 11.4 Å². The number of rotatable bonds is 4. The van der Waals surface area contributed by atoms with Crippen molar-refractivity contribution in [2.75, 3.05) is 12.3 Å². The molecule has 2 rings (SSSR count). The summed E-state index contributed by atoms with van der Waals surface area (Å²) in [5, 5.41) is 3.27. The average molecular weight is 316 g/mol. The zero-order valence-electron chi connectivity index (χ0n) is 11.1. The van der Waals surface area contributed by atoms with Crippen LogP contribution in [0, 0.1) is 17.5 Å². The first-order valence-electron chi connectivity index (χ1n) is 6.23. The third-order valence-electron chi connectivity index (χ3n) is 3.01. The molecule has 0 radical (unpaired) electrons. The van der Waals surface area contributed by atoms with Gasteiger partial charge >= 0.3 is 0 Å². The lowest BCUT2D eigenvalue weighted by Crippen LogP contribution is -2.25. The molecular weight excluding hydrogens is 303 g/mol. The number of nitrogens with two attached hydrogens (primary N) is 1. The smallest absolute Gasteiger partial charge is 0.194 e. The maximum absolute atomic E-state index is 14.0. The van der Waals surface area contributed by atoms with Crippen LogP contribution in [-0.4, -0.2) is 11.5 Å². The number of nitrogens with zero attached hydrogens (tertiary/aromatic N) is 1. The van der Waals surface area contributed by atoms with Crippen LogP contribution in [0.1, 0.15) is 24.1 Å². The van der Waals surface area contributed by atoms with Gasteiger partial charge in [-0.1, -0.05) is 24.6 Å². The summed E-state index contributed by atoms with van der Waals surface area (Å²) in [6.07, 6.45) is 1.35. The van der Waals surface area contributed by atoms with E-state index >= 15 is 0 Å². The summed E-state index contributed by atoms with van der Waals surface area (Å²) in [6.45, 7) is 2.24. The van der Waals surface area contributed by atoms with Crippen molar-refractivity contribution in [3.8, 4) is 0 Å². The van der Waals surface area contributed by atoms with Gasteiger partial charge in [0.2, 0.25) is 0 Å². The lowest BCUT2D eigenvalue weighted by Gasteiger charge is -2.21. The molecule has 2 aromatic rings. The number of pyridine rings is 1. The van der Waals surface area contributed by atoms with Gasteiger partial charge in [-0.25, -0.2) is 18.2 Å². The molecule has 21 heavy (non-hydrogen) atoms. The number of halogens is 4. The normalized spacial score (nSPS) is 12.4. The Morgan fingerprint density at radius 2 is 1.95 bits per heavy atom. The number of benzene rings is 1. The van der Waals surface area contributed by atoms with Crippen LogP contribution in [0.4, 0.5) is 19.0 Å². The van der Waals surface area contributed by atoms with Gasteiger partial charge in [0.1, 0.15) is 5.82 Å². The highest BCUT2D eigenvalue weighted by atomic mass is 35.5. The van der Waals surface area contributed by atoms with Gasteiger partial charge in [0, 0.05) is 17.3 Å². The second-order valence-electron chi connectivity index (χ2n) is 4.38. The van der Waals surface area contributed by atoms with Crippen molar-refractivity contribution in [2.45, 2.75) is 13.0 Å². The van der Waals surface area contributed by atoms with Crippen molar-refractivity contribution in [1.29, 1.82) is 0 Å². The molecule has 7 heteroatoms. The van der Waals surface area contributed by atoms with E-state index < -0.39 is 23.5 Å². The summed E-state index contributed by atoms with van der Waals surface area (Å²) in [7, 11) is 0. The molecule has 0 bridgehead atoms. The number of nitrogen functional groups attached to an aromatic ring is 1. The van der Waals surface area contributed by atoms with E-state index in [9.17, 15) is 13.2 Å². The van der Waals surface area contributed by atoms with Crippen molar-refractivity contribution in [1.82, 2.24) is 10.3 Å². The van der Waals surface area contributed by atoms with Gasteiger partial charge in [0.15, 0.2) is 17.5 Å². The molecule has 3 nitrogen and oxygen atoms in total. The molecule has 0 saturated heterocycles. The Balaban J connectivity index is 2.59. The van der Waals surface area contributed by atoms with E-state index in [0.717, 1.165) is 6.07 Å². The number of hydrogen-bond acceptors (Lipinski definition) is 3. The summed E-state index contributed by atoms with van der Waals surface area (Å²) in [6, 6.07) is 2.77. The molecule has 0 fully saturated rings. The second kappa shape index (κ2) is 6.32. The molecule has 0 aliphatic rings. The number of nitrogens with one attached hydrogen (secondary N) is 1. The van der Waals surface area contributed by atoms with Gasteiger partial charge in [0.05, 0.1) is 11.1 Å². The van der Waals surface area contributed by atoms with Gasteiger partial charge in [0.25, 0.3) is 0 Å². The van der Waals surface area contributed by atoms with Crippen LogP contribution in [0.15, 0.2) is 24.4 Å². The van der Waals surface area contributed by atoms with Crippen molar-refractivity contribution < 1.29 is 13.2 Å². The third-order valence-corrected chi connectivity index (χ3v) is 3.22. The van der Waals surface area contributed by atoms with E-state index in [1.54, 1.807) is 6.92 Å². The lowest BCUT2D eigenvalue weighted by molar-refractivity contribution is 0.433. The van der Waals surface area contributed by atoms with E-state index in [0.29, 0.717) is 17.1 Å². The van der Waals surface area contributed by atoms with Crippen LogP contribution in [-0.2, 0) is 0 Å². The van der Waals surface area contributed by atoms with Gasteiger partial charge in [-0.15, -0.1) is 0 Å². The van der Waals surface area contributed by atoms with Crippen LogP contribution in [0.5, 0.6) is 0 Å². The first-order chi connectivity index (χ1) is 9.95. The standard InChI is InChI=1S/C14H13ClF3N3/c1-2-20-13(9-5-7(15)6-21-14(9)19)8-3-4-10(16)12(18)11(8)17/h3-6,13,20H,2H2,1H3,(H2,19,21). The largest absolute Gasteiger partial charge is 0.383 e. The summed E-state index contributed by atoms with van der Waals surface area (Å²) in [5.41, 5.74) is 6.11. The number of hydrogen-bond donors (Lipinski definition) is 2. The molecule has 1 aromatic carbocycles. The van der Waals surface area contributed by atoms with Crippen molar-refractivity contribution in [3.63, 3.8) is 0 Å². The predicted octanol–water partition coefficient (Wildman–Crippen LogP) is 3.43. The lowest BCUT2D eigenvalue weighted by atomic mass is 9.98. The van der Waals surface area contributed by atoms with Gasteiger partial charge < -0.3 is 11.1 Å². The molecule has 112 valence electrons.